The molecule has 2 N–H and O–H groups in total. The first-order valence-corrected chi connectivity index (χ1v) is 9.30. The van der Waals surface area contributed by atoms with E-state index in [2.05, 4.69) is 5.32 Å². The lowest BCUT2D eigenvalue weighted by atomic mass is 9.84. The van der Waals surface area contributed by atoms with Crippen LogP contribution in [-0.4, -0.2) is 41.8 Å². The second-order valence-corrected chi connectivity index (χ2v) is 8.00. The molecule has 1 aromatic rings. The number of rotatable bonds is 5. The van der Waals surface area contributed by atoms with Crippen LogP contribution in [0.3, 0.4) is 0 Å². The minimum absolute atomic E-state index is 0.0517. The average Bonchev–Trinajstić information content (AvgIpc) is 2.96. The predicted molar refractivity (Wildman–Crippen MR) is 103 cm³/mol. The number of hydrazine groups is 1. The van der Waals surface area contributed by atoms with Crippen molar-refractivity contribution in [1.82, 2.24) is 10.3 Å². The first-order chi connectivity index (χ1) is 12.9. The van der Waals surface area contributed by atoms with Crippen LogP contribution < -0.4 is 10.3 Å². The molecule has 1 heterocycles. The maximum absolute atomic E-state index is 13.2. The molecule has 1 amide bonds. The number of carbonyl (C=O) groups is 1. The first-order valence-electron chi connectivity index (χ1n) is 9.30. The molecule has 0 saturated carbocycles. The third kappa shape index (κ3) is 4.60. The molecule has 0 aromatic heterocycles. The van der Waals surface area contributed by atoms with Crippen LogP contribution in [0.5, 0.6) is 5.75 Å². The Labute approximate surface area is 163 Å². The van der Waals surface area contributed by atoms with Crippen molar-refractivity contribution in [2.24, 2.45) is 0 Å². The molecule has 1 aliphatic heterocycles. The van der Waals surface area contributed by atoms with Crippen molar-refractivity contribution in [3.8, 4) is 5.75 Å². The van der Waals surface area contributed by atoms with Gasteiger partial charge in [0.1, 0.15) is 11.8 Å². The third-order valence-electron chi connectivity index (χ3n) is 4.72. The van der Waals surface area contributed by atoms with Crippen molar-refractivity contribution in [2.45, 2.75) is 58.2 Å². The summed E-state index contributed by atoms with van der Waals surface area (Å²) < 4.78 is 39.6. The van der Waals surface area contributed by atoms with Gasteiger partial charge in [-0.1, -0.05) is 34.1 Å². The molecule has 5 nitrogen and oxygen atoms in total. The van der Waals surface area contributed by atoms with Gasteiger partial charge in [0.2, 0.25) is 0 Å². The number of benzene rings is 1. The number of hydrogen-bond donors (Lipinski definition) is 2. The van der Waals surface area contributed by atoms with Gasteiger partial charge in [-0.3, -0.25) is 9.80 Å². The number of likely N-dealkylation sites (N-methyl/N-ethyl adjacent to an activating group) is 1. The van der Waals surface area contributed by atoms with Crippen LogP contribution in [0.4, 0.5) is 18.9 Å². The van der Waals surface area contributed by atoms with Crippen LogP contribution in [0.1, 0.15) is 56.5 Å². The SMILES string of the molecule is CCCCNC(=O)c1cc(N2C=CC(C(F)(F)F)N2C)cc(C(C)(C)C)c1O. The second-order valence-electron chi connectivity index (χ2n) is 8.00. The highest BCUT2D eigenvalue weighted by Gasteiger charge is 2.45. The number of halogens is 3. The molecule has 2 rings (SSSR count). The Hall–Kier alpha value is -2.22. The number of aromatic hydroxyl groups is 1. The number of alkyl halides is 3. The fraction of sp³-hybridized carbons (Fsp3) is 0.550. The highest BCUT2D eigenvalue weighted by molar-refractivity contribution is 5.98. The topological polar surface area (TPSA) is 55.8 Å². The average molecular weight is 399 g/mol. The summed E-state index contributed by atoms with van der Waals surface area (Å²) in [6.07, 6.45) is -0.324. The van der Waals surface area contributed by atoms with Crippen LogP contribution in [0, 0.1) is 0 Å². The number of phenolic OH excluding ortho intramolecular Hbond substituents is 1. The molecule has 1 aromatic carbocycles. The number of unbranched alkanes of at least 4 members (excludes halogenated alkanes) is 1. The molecule has 0 aliphatic carbocycles. The van der Waals surface area contributed by atoms with E-state index in [0.717, 1.165) is 23.9 Å². The first kappa shape index (κ1) is 22.1. The summed E-state index contributed by atoms with van der Waals surface area (Å²) >= 11 is 0. The van der Waals surface area contributed by atoms with Crippen molar-refractivity contribution in [3.63, 3.8) is 0 Å². The van der Waals surface area contributed by atoms with Crippen LogP contribution in [0.15, 0.2) is 24.4 Å². The van der Waals surface area contributed by atoms with Gasteiger partial charge in [-0.15, -0.1) is 0 Å². The van der Waals surface area contributed by atoms with Crippen molar-refractivity contribution >= 4 is 11.6 Å². The van der Waals surface area contributed by atoms with Gasteiger partial charge in [0.15, 0.2) is 0 Å². The Morgan fingerprint density at radius 1 is 1.25 bits per heavy atom. The predicted octanol–water partition coefficient (Wildman–Crippen LogP) is 4.33. The van der Waals surface area contributed by atoms with E-state index >= 15 is 0 Å². The van der Waals surface area contributed by atoms with Crippen molar-refractivity contribution in [3.05, 3.63) is 35.5 Å². The number of amides is 1. The summed E-state index contributed by atoms with van der Waals surface area (Å²) in [6.45, 7) is 8.06. The summed E-state index contributed by atoms with van der Waals surface area (Å²) in [7, 11) is 1.34. The summed E-state index contributed by atoms with van der Waals surface area (Å²) in [4.78, 5) is 12.6. The van der Waals surface area contributed by atoms with Crippen molar-refractivity contribution < 1.29 is 23.1 Å². The van der Waals surface area contributed by atoms with Crippen molar-refractivity contribution in [2.75, 3.05) is 18.6 Å². The summed E-state index contributed by atoms with van der Waals surface area (Å²) in [5, 5.41) is 15.8. The second kappa shape index (κ2) is 8.03. The molecular formula is C20H28F3N3O2. The lowest BCUT2D eigenvalue weighted by Gasteiger charge is -2.32. The number of phenols is 1. The van der Waals surface area contributed by atoms with E-state index in [1.165, 1.54) is 24.3 Å². The van der Waals surface area contributed by atoms with Gasteiger partial charge >= 0.3 is 6.18 Å². The third-order valence-corrected chi connectivity index (χ3v) is 4.72. The summed E-state index contributed by atoms with van der Waals surface area (Å²) in [6, 6.07) is 1.30. The molecule has 1 atom stereocenters. The molecule has 0 bridgehead atoms. The van der Waals surface area contributed by atoms with Crippen molar-refractivity contribution in [1.29, 1.82) is 0 Å². The minimum Gasteiger partial charge on any atom is -0.507 e. The van der Waals surface area contributed by atoms with Gasteiger partial charge in [-0.25, -0.2) is 5.01 Å². The molecule has 0 radical (unpaired) electrons. The van der Waals surface area contributed by atoms with Gasteiger partial charge < -0.3 is 10.4 Å². The molecule has 0 saturated heterocycles. The van der Waals surface area contributed by atoms with E-state index < -0.39 is 23.5 Å². The maximum Gasteiger partial charge on any atom is 0.409 e. The van der Waals surface area contributed by atoms with Crippen LogP contribution in [0.2, 0.25) is 0 Å². The number of anilines is 1. The summed E-state index contributed by atoms with van der Waals surface area (Å²) in [5.41, 5.74) is 0.414. The fourth-order valence-electron chi connectivity index (χ4n) is 3.09. The molecule has 1 unspecified atom stereocenters. The molecule has 8 heteroatoms. The highest BCUT2D eigenvalue weighted by atomic mass is 19.4. The zero-order valence-electron chi connectivity index (χ0n) is 16.9. The minimum atomic E-state index is -4.41. The van der Waals surface area contributed by atoms with Crippen LogP contribution in [-0.2, 0) is 5.41 Å². The van der Waals surface area contributed by atoms with Crippen LogP contribution in [0.25, 0.3) is 0 Å². The zero-order valence-corrected chi connectivity index (χ0v) is 16.9. The molecule has 0 spiro atoms. The molecule has 1 aliphatic rings. The van der Waals surface area contributed by atoms with Gasteiger partial charge in [0.25, 0.3) is 5.91 Å². The van der Waals surface area contributed by atoms with E-state index in [1.807, 2.05) is 27.7 Å². The normalized spacial score (nSPS) is 18.0. The Morgan fingerprint density at radius 2 is 1.89 bits per heavy atom. The van der Waals surface area contributed by atoms with Crippen LogP contribution >= 0.6 is 0 Å². The van der Waals surface area contributed by atoms with E-state index in [4.69, 9.17) is 0 Å². The standard InChI is InChI=1S/C20H28F3N3O2/c1-6-7-9-24-18(28)14-11-13(12-15(17(14)27)19(2,3)4)26-10-8-16(25(26)5)20(21,22)23/h8,10-12,16,27H,6-7,9H2,1-5H3,(H,24,28). The van der Waals surface area contributed by atoms with Gasteiger partial charge in [0, 0.05) is 25.4 Å². The summed E-state index contributed by atoms with van der Waals surface area (Å²) in [5.74, 6) is -0.597. The Morgan fingerprint density at radius 3 is 2.39 bits per heavy atom. The number of nitrogens with zero attached hydrogens (tertiary/aromatic N) is 2. The molecular weight excluding hydrogens is 371 g/mol. The monoisotopic (exact) mass is 399 g/mol. The van der Waals surface area contributed by atoms with E-state index in [0.29, 0.717) is 17.8 Å². The Kier molecular flexibility index (Phi) is 6.33. The lowest BCUT2D eigenvalue weighted by molar-refractivity contribution is -0.164. The molecule has 28 heavy (non-hydrogen) atoms. The van der Waals surface area contributed by atoms with Gasteiger partial charge in [0.05, 0.1) is 11.3 Å². The fourth-order valence-corrected chi connectivity index (χ4v) is 3.09. The highest BCUT2D eigenvalue weighted by Crippen LogP contribution is 2.39. The van der Waals surface area contributed by atoms with Gasteiger partial charge in [-0.05, 0) is 30.0 Å². The number of nitrogens with one attached hydrogen (secondary N) is 1. The molecule has 0 fully saturated rings. The quantitative estimate of drug-likeness (QED) is 0.724. The smallest absolute Gasteiger partial charge is 0.409 e. The largest absolute Gasteiger partial charge is 0.507 e. The van der Waals surface area contributed by atoms with E-state index in [1.54, 1.807) is 6.07 Å². The number of hydrogen-bond acceptors (Lipinski definition) is 4. The Bertz CT molecular complexity index is 754. The van der Waals surface area contributed by atoms with E-state index in [-0.39, 0.29) is 11.3 Å². The van der Waals surface area contributed by atoms with E-state index in [9.17, 15) is 23.1 Å². The lowest BCUT2D eigenvalue weighted by Crippen LogP contribution is -2.45. The zero-order chi connectivity index (χ0) is 21.3. The maximum atomic E-state index is 13.2. The van der Waals surface area contributed by atoms with Gasteiger partial charge in [-0.2, -0.15) is 13.2 Å². The Balaban J connectivity index is 2.47. The number of carbonyl (C=O) groups excluding carboxylic acids is 1. The molecule has 156 valence electrons.